The monoisotopic (exact) mass is 458 g/mol. The number of hydrogen-bond donors (Lipinski definition) is 1. The Hall–Kier alpha value is -3.20. The number of ether oxygens (including phenoxy) is 2. The van der Waals surface area contributed by atoms with Crippen LogP contribution in [0.2, 0.25) is 0 Å². The number of anilines is 1. The molecule has 0 saturated carbocycles. The largest absolute Gasteiger partial charge is 0.462 e. The van der Waals surface area contributed by atoms with Crippen LogP contribution in [0.4, 0.5) is 5.69 Å². The van der Waals surface area contributed by atoms with Gasteiger partial charge in [0.1, 0.15) is 11.4 Å². The van der Waals surface area contributed by atoms with Crippen molar-refractivity contribution < 1.29 is 28.7 Å². The van der Waals surface area contributed by atoms with Crippen molar-refractivity contribution in [1.29, 1.82) is 0 Å². The van der Waals surface area contributed by atoms with Gasteiger partial charge in [-0.1, -0.05) is 36.8 Å². The van der Waals surface area contributed by atoms with E-state index in [2.05, 4.69) is 5.32 Å². The van der Waals surface area contributed by atoms with Crippen LogP contribution in [0.1, 0.15) is 42.3 Å². The highest BCUT2D eigenvalue weighted by Crippen LogP contribution is 2.35. The van der Waals surface area contributed by atoms with Gasteiger partial charge in [-0.15, -0.1) is 11.3 Å². The average Bonchev–Trinajstić information content (AvgIpc) is 3.10. The smallest absolute Gasteiger partial charge is 0.350 e. The van der Waals surface area contributed by atoms with E-state index in [1.54, 1.807) is 13.0 Å². The summed E-state index contributed by atoms with van der Waals surface area (Å²) in [5, 5.41) is 2.63. The molecule has 0 radical (unpaired) electrons. The third-order valence-electron chi connectivity index (χ3n) is 4.88. The maximum Gasteiger partial charge on any atom is 0.350 e. The molecule has 2 aromatic rings. The van der Waals surface area contributed by atoms with Gasteiger partial charge >= 0.3 is 11.9 Å². The summed E-state index contributed by atoms with van der Waals surface area (Å²) >= 11 is 1.21. The van der Waals surface area contributed by atoms with E-state index in [1.807, 2.05) is 30.3 Å². The summed E-state index contributed by atoms with van der Waals surface area (Å²) in [5.74, 6) is -1.83. The molecule has 9 heteroatoms. The number of nitrogens with zero attached hydrogens (tertiary/aromatic N) is 1. The fourth-order valence-corrected chi connectivity index (χ4v) is 4.33. The predicted octanol–water partition coefficient (Wildman–Crippen LogP) is 3.48. The Morgan fingerprint density at radius 1 is 1.09 bits per heavy atom. The van der Waals surface area contributed by atoms with Crippen molar-refractivity contribution in [2.45, 2.75) is 32.6 Å². The normalized spacial score (nSPS) is 13.9. The van der Waals surface area contributed by atoms with E-state index < -0.39 is 24.5 Å². The molecule has 3 rings (SSSR count). The molecule has 0 spiro atoms. The summed E-state index contributed by atoms with van der Waals surface area (Å²) in [5.41, 5.74) is 1.20. The standard InChI is InChI=1S/C23H26N2O6S/c1-2-30-23(29)22-17(13-18(32-22)16-9-5-3-6-10-16)24-19(26)15-31-21(28)14-25-12-8-4-7-11-20(25)27/h3,5-6,9-10,13H,2,4,7-8,11-12,14-15H2,1H3,(H,24,26). The molecule has 1 N–H and O–H groups in total. The molecule has 0 atom stereocenters. The number of hydrogen-bond acceptors (Lipinski definition) is 7. The summed E-state index contributed by atoms with van der Waals surface area (Å²) < 4.78 is 10.1. The predicted molar refractivity (Wildman–Crippen MR) is 120 cm³/mol. The third-order valence-corrected chi connectivity index (χ3v) is 6.05. The molecule has 1 saturated heterocycles. The highest BCUT2D eigenvalue weighted by atomic mass is 32.1. The van der Waals surface area contributed by atoms with Crippen molar-refractivity contribution in [3.05, 3.63) is 41.3 Å². The number of thiophene rings is 1. The van der Waals surface area contributed by atoms with Crippen LogP contribution in [0.25, 0.3) is 10.4 Å². The Kier molecular flexibility index (Phi) is 8.38. The second kappa shape index (κ2) is 11.4. The van der Waals surface area contributed by atoms with Gasteiger partial charge in [0, 0.05) is 17.8 Å². The minimum absolute atomic E-state index is 0.0744. The van der Waals surface area contributed by atoms with Gasteiger partial charge in [0.05, 0.1) is 12.3 Å². The molecule has 2 amide bonds. The molecule has 0 aliphatic carbocycles. The van der Waals surface area contributed by atoms with Crippen molar-refractivity contribution in [3.63, 3.8) is 0 Å². The number of nitrogens with one attached hydrogen (secondary N) is 1. The van der Waals surface area contributed by atoms with Gasteiger partial charge in [0.25, 0.3) is 5.91 Å². The minimum Gasteiger partial charge on any atom is -0.462 e. The van der Waals surface area contributed by atoms with Crippen molar-refractivity contribution >= 4 is 40.8 Å². The van der Waals surface area contributed by atoms with Crippen LogP contribution in [0.15, 0.2) is 36.4 Å². The third kappa shape index (κ3) is 6.40. The molecule has 1 aromatic carbocycles. The maximum atomic E-state index is 12.4. The number of carbonyl (C=O) groups is 4. The lowest BCUT2D eigenvalue weighted by molar-refractivity contribution is -0.151. The first-order chi connectivity index (χ1) is 15.5. The van der Waals surface area contributed by atoms with E-state index in [4.69, 9.17) is 9.47 Å². The molecule has 1 fully saturated rings. The van der Waals surface area contributed by atoms with Gasteiger partial charge in [-0.05, 0) is 31.4 Å². The van der Waals surface area contributed by atoms with Crippen LogP contribution in [0.3, 0.4) is 0 Å². The van der Waals surface area contributed by atoms with Crippen LogP contribution in [0.5, 0.6) is 0 Å². The van der Waals surface area contributed by atoms with Crippen LogP contribution < -0.4 is 5.32 Å². The van der Waals surface area contributed by atoms with Crippen LogP contribution in [0, 0.1) is 0 Å². The number of carbonyl (C=O) groups excluding carboxylic acids is 4. The fraction of sp³-hybridized carbons (Fsp3) is 0.391. The average molecular weight is 459 g/mol. The lowest BCUT2D eigenvalue weighted by Gasteiger charge is -2.19. The van der Waals surface area contributed by atoms with Gasteiger partial charge in [-0.2, -0.15) is 0 Å². The number of likely N-dealkylation sites (tertiary alicyclic amines) is 1. The number of esters is 2. The lowest BCUT2D eigenvalue weighted by Crippen LogP contribution is -2.36. The topological polar surface area (TPSA) is 102 Å². The zero-order valence-corrected chi connectivity index (χ0v) is 18.7. The Morgan fingerprint density at radius 2 is 1.88 bits per heavy atom. The zero-order chi connectivity index (χ0) is 22.9. The minimum atomic E-state index is -0.642. The van der Waals surface area contributed by atoms with Gasteiger partial charge < -0.3 is 19.7 Å². The summed E-state index contributed by atoms with van der Waals surface area (Å²) in [6.07, 6.45) is 3.04. The molecule has 170 valence electrons. The second-order valence-electron chi connectivity index (χ2n) is 7.27. The van der Waals surface area contributed by atoms with Crippen molar-refractivity contribution in [2.24, 2.45) is 0 Å². The summed E-state index contributed by atoms with van der Waals surface area (Å²) in [6.45, 7) is 1.74. The first-order valence-corrected chi connectivity index (χ1v) is 11.4. The molecule has 1 aromatic heterocycles. The SMILES string of the molecule is CCOC(=O)c1sc(-c2ccccc2)cc1NC(=O)COC(=O)CN1CCCCCC1=O. The summed E-state index contributed by atoms with van der Waals surface area (Å²) in [7, 11) is 0. The molecule has 0 unspecified atom stereocenters. The first-order valence-electron chi connectivity index (χ1n) is 10.6. The summed E-state index contributed by atoms with van der Waals surface area (Å²) in [6, 6.07) is 11.1. The maximum absolute atomic E-state index is 12.4. The Balaban J connectivity index is 1.62. The molecule has 1 aliphatic rings. The van der Waals surface area contributed by atoms with Crippen LogP contribution in [-0.4, -0.2) is 55.0 Å². The van der Waals surface area contributed by atoms with Crippen LogP contribution >= 0.6 is 11.3 Å². The van der Waals surface area contributed by atoms with Crippen molar-refractivity contribution in [1.82, 2.24) is 4.90 Å². The second-order valence-corrected chi connectivity index (χ2v) is 8.33. The lowest BCUT2D eigenvalue weighted by atomic mass is 10.2. The van der Waals surface area contributed by atoms with Gasteiger partial charge in [-0.3, -0.25) is 14.4 Å². The molecular weight excluding hydrogens is 432 g/mol. The Morgan fingerprint density at radius 3 is 2.62 bits per heavy atom. The Labute approximate surface area is 190 Å². The van der Waals surface area contributed by atoms with Crippen molar-refractivity contribution in [2.75, 3.05) is 31.6 Å². The first kappa shape index (κ1) is 23.5. The van der Waals surface area contributed by atoms with E-state index in [0.717, 1.165) is 29.7 Å². The highest BCUT2D eigenvalue weighted by molar-refractivity contribution is 7.18. The molecule has 0 bridgehead atoms. The van der Waals surface area contributed by atoms with Gasteiger partial charge in [-0.25, -0.2) is 4.79 Å². The molecule has 32 heavy (non-hydrogen) atoms. The van der Waals surface area contributed by atoms with E-state index >= 15 is 0 Å². The zero-order valence-electron chi connectivity index (χ0n) is 17.9. The molecule has 8 nitrogen and oxygen atoms in total. The molecule has 2 heterocycles. The van der Waals surface area contributed by atoms with E-state index in [-0.39, 0.29) is 23.9 Å². The quantitative estimate of drug-likeness (QED) is 0.608. The van der Waals surface area contributed by atoms with E-state index in [0.29, 0.717) is 18.7 Å². The number of benzene rings is 1. The molecular formula is C23H26N2O6S. The van der Waals surface area contributed by atoms with E-state index in [9.17, 15) is 19.2 Å². The van der Waals surface area contributed by atoms with Crippen LogP contribution in [-0.2, 0) is 23.9 Å². The Bertz CT molecular complexity index is 972. The number of rotatable bonds is 8. The van der Waals surface area contributed by atoms with Gasteiger partial charge in [0.2, 0.25) is 5.91 Å². The highest BCUT2D eigenvalue weighted by Gasteiger charge is 2.22. The fourth-order valence-electron chi connectivity index (χ4n) is 3.32. The number of amides is 2. The van der Waals surface area contributed by atoms with E-state index in [1.165, 1.54) is 16.2 Å². The van der Waals surface area contributed by atoms with Gasteiger partial charge in [0.15, 0.2) is 6.61 Å². The molecule has 1 aliphatic heterocycles. The van der Waals surface area contributed by atoms with Crippen molar-refractivity contribution in [3.8, 4) is 10.4 Å². The summed E-state index contributed by atoms with van der Waals surface area (Å²) in [4.78, 5) is 51.4.